The van der Waals surface area contributed by atoms with Crippen molar-refractivity contribution in [1.82, 2.24) is 14.8 Å². The minimum atomic E-state index is -0.137. The van der Waals surface area contributed by atoms with Gasteiger partial charge in [0.2, 0.25) is 0 Å². The van der Waals surface area contributed by atoms with Crippen LogP contribution in [0.2, 0.25) is 0 Å². The predicted octanol–water partition coefficient (Wildman–Crippen LogP) is 2.46. The van der Waals surface area contributed by atoms with E-state index >= 15 is 0 Å². The van der Waals surface area contributed by atoms with Crippen LogP contribution in [-0.2, 0) is 6.54 Å². The number of pyridine rings is 1. The highest BCUT2D eigenvalue weighted by Gasteiger charge is 2.24. The van der Waals surface area contributed by atoms with Crippen LogP contribution >= 0.6 is 0 Å². The van der Waals surface area contributed by atoms with Gasteiger partial charge in [0.15, 0.2) is 0 Å². The third-order valence-corrected chi connectivity index (χ3v) is 4.14. The van der Waals surface area contributed by atoms with Crippen LogP contribution in [0.25, 0.3) is 0 Å². The molecule has 22 heavy (non-hydrogen) atoms. The van der Waals surface area contributed by atoms with Crippen molar-refractivity contribution in [3.63, 3.8) is 0 Å². The van der Waals surface area contributed by atoms with Gasteiger partial charge in [0.1, 0.15) is 6.04 Å². The summed E-state index contributed by atoms with van der Waals surface area (Å²) in [5.41, 5.74) is 2.33. The molecule has 0 aliphatic carbocycles. The van der Waals surface area contributed by atoms with Crippen LogP contribution in [0.15, 0.2) is 54.9 Å². The molecule has 0 N–H and O–H groups in total. The van der Waals surface area contributed by atoms with Crippen LogP contribution in [0.1, 0.15) is 17.2 Å². The summed E-state index contributed by atoms with van der Waals surface area (Å²) < 4.78 is 0. The molecule has 0 spiro atoms. The standard InChI is InChI=1S/C18H20N4/c19-13-18(17-6-2-1-3-7-17)22-11-9-21(10-12-22)15-16-5-4-8-20-14-16/h1-8,14,18H,9-12,15H2/t18-/m0/s1. The summed E-state index contributed by atoms with van der Waals surface area (Å²) in [6.07, 6.45) is 3.73. The topological polar surface area (TPSA) is 43.2 Å². The highest BCUT2D eigenvalue weighted by Crippen LogP contribution is 2.21. The van der Waals surface area contributed by atoms with Crippen LogP contribution in [-0.4, -0.2) is 41.0 Å². The Morgan fingerprint density at radius 3 is 2.45 bits per heavy atom. The molecule has 1 atom stereocenters. The fourth-order valence-electron chi connectivity index (χ4n) is 2.93. The van der Waals surface area contributed by atoms with Gasteiger partial charge >= 0.3 is 0 Å². The monoisotopic (exact) mass is 292 g/mol. The second-order valence-electron chi connectivity index (χ2n) is 5.62. The van der Waals surface area contributed by atoms with Gasteiger partial charge in [-0.2, -0.15) is 5.26 Å². The molecule has 1 aliphatic rings. The summed E-state index contributed by atoms with van der Waals surface area (Å²) in [5.74, 6) is 0. The van der Waals surface area contributed by atoms with Crippen LogP contribution < -0.4 is 0 Å². The molecule has 4 heteroatoms. The zero-order valence-electron chi connectivity index (χ0n) is 12.6. The van der Waals surface area contributed by atoms with Gasteiger partial charge < -0.3 is 0 Å². The minimum absolute atomic E-state index is 0.137. The molecule has 0 radical (unpaired) electrons. The van der Waals surface area contributed by atoms with E-state index in [0.717, 1.165) is 38.3 Å². The highest BCUT2D eigenvalue weighted by atomic mass is 15.3. The van der Waals surface area contributed by atoms with Crippen LogP contribution in [0, 0.1) is 11.3 Å². The summed E-state index contributed by atoms with van der Waals surface area (Å²) >= 11 is 0. The molecule has 0 saturated carbocycles. The molecule has 0 amide bonds. The van der Waals surface area contributed by atoms with E-state index in [1.165, 1.54) is 5.56 Å². The Labute approximate surface area is 131 Å². The van der Waals surface area contributed by atoms with E-state index in [2.05, 4.69) is 26.9 Å². The Bertz CT molecular complexity index is 613. The lowest BCUT2D eigenvalue weighted by Gasteiger charge is -2.37. The van der Waals surface area contributed by atoms with Crippen molar-refractivity contribution >= 4 is 0 Å². The third-order valence-electron chi connectivity index (χ3n) is 4.14. The summed E-state index contributed by atoms with van der Waals surface area (Å²) in [4.78, 5) is 8.86. The van der Waals surface area contributed by atoms with Gasteiger partial charge in [-0.15, -0.1) is 0 Å². The molecule has 1 saturated heterocycles. The number of hydrogen-bond donors (Lipinski definition) is 0. The number of piperazine rings is 1. The Kier molecular flexibility index (Phi) is 4.79. The van der Waals surface area contributed by atoms with Crippen LogP contribution in [0.5, 0.6) is 0 Å². The SMILES string of the molecule is N#C[C@@H](c1ccccc1)N1CCN(Cc2cccnc2)CC1. The average Bonchev–Trinajstić information content (AvgIpc) is 2.59. The maximum atomic E-state index is 9.52. The molecule has 1 fully saturated rings. The lowest BCUT2D eigenvalue weighted by Crippen LogP contribution is -2.46. The number of nitriles is 1. The number of rotatable bonds is 4. The van der Waals surface area contributed by atoms with E-state index in [1.807, 2.05) is 42.6 Å². The zero-order valence-corrected chi connectivity index (χ0v) is 12.6. The molecular formula is C18H20N4. The van der Waals surface area contributed by atoms with Crippen molar-refractivity contribution in [2.75, 3.05) is 26.2 Å². The minimum Gasteiger partial charge on any atom is -0.296 e. The molecule has 0 bridgehead atoms. The Hall–Kier alpha value is -2.22. The van der Waals surface area contributed by atoms with Crippen molar-refractivity contribution in [2.24, 2.45) is 0 Å². The first-order valence-electron chi connectivity index (χ1n) is 7.66. The highest BCUT2D eigenvalue weighted by molar-refractivity contribution is 5.24. The molecule has 3 rings (SSSR count). The first kappa shape index (κ1) is 14.7. The van der Waals surface area contributed by atoms with Crippen molar-refractivity contribution in [2.45, 2.75) is 12.6 Å². The molecule has 112 valence electrons. The van der Waals surface area contributed by atoms with Gasteiger partial charge in [-0.3, -0.25) is 14.8 Å². The molecule has 1 aromatic heterocycles. The lowest BCUT2D eigenvalue weighted by atomic mass is 10.1. The van der Waals surface area contributed by atoms with Gasteiger partial charge in [-0.25, -0.2) is 0 Å². The summed E-state index contributed by atoms with van der Waals surface area (Å²) in [5, 5.41) is 9.52. The second kappa shape index (κ2) is 7.17. The largest absolute Gasteiger partial charge is 0.296 e. The molecule has 2 heterocycles. The number of benzene rings is 1. The smallest absolute Gasteiger partial charge is 0.123 e. The van der Waals surface area contributed by atoms with E-state index in [1.54, 1.807) is 6.20 Å². The van der Waals surface area contributed by atoms with Crippen molar-refractivity contribution in [3.8, 4) is 6.07 Å². The number of aromatic nitrogens is 1. The number of nitrogens with zero attached hydrogens (tertiary/aromatic N) is 4. The molecule has 0 unspecified atom stereocenters. The molecule has 4 nitrogen and oxygen atoms in total. The maximum Gasteiger partial charge on any atom is 0.123 e. The van der Waals surface area contributed by atoms with Gasteiger partial charge in [-0.05, 0) is 17.2 Å². The van der Waals surface area contributed by atoms with Crippen LogP contribution in [0.3, 0.4) is 0 Å². The Morgan fingerprint density at radius 1 is 1.05 bits per heavy atom. The fraction of sp³-hybridized carbons (Fsp3) is 0.333. The lowest BCUT2D eigenvalue weighted by molar-refractivity contribution is 0.109. The van der Waals surface area contributed by atoms with E-state index < -0.39 is 0 Å². The summed E-state index contributed by atoms with van der Waals surface area (Å²) in [7, 11) is 0. The van der Waals surface area contributed by atoms with Crippen molar-refractivity contribution in [1.29, 1.82) is 5.26 Å². The van der Waals surface area contributed by atoms with E-state index in [-0.39, 0.29) is 6.04 Å². The molecule has 1 aromatic carbocycles. The van der Waals surface area contributed by atoms with Gasteiger partial charge in [0.05, 0.1) is 6.07 Å². The van der Waals surface area contributed by atoms with E-state index in [9.17, 15) is 5.26 Å². The summed E-state index contributed by atoms with van der Waals surface area (Å²) in [6.45, 7) is 4.75. The number of hydrogen-bond acceptors (Lipinski definition) is 4. The van der Waals surface area contributed by atoms with Crippen LogP contribution in [0.4, 0.5) is 0 Å². The van der Waals surface area contributed by atoms with E-state index in [0.29, 0.717) is 0 Å². The average molecular weight is 292 g/mol. The van der Waals surface area contributed by atoms with Crippen molar-refractivity contribution in [3.05, 3.63) is 66.0 Å². The second-order valence-corrected chi connectivity index (χ2v) is 5.62. The van der Waals surface area contributed by atoms with Gasteiger partial charge in [0, 0.05) is 45.1 Å². The van der Waals surface area contributed by atoms with Gasteiger partial charge in [-0.1, -0.05) is 36.4 Å². The quantitative estimate of drug-likeness (QED) is 0.868. The van der Waals surface area contributed by atoms with Crippen molar-refractivity contribution < 1.29 is 0 Å². The molecule has 1 aliphatic heterocycles. The summed E-state index contributed by atoms with van der Waals surface area (Å²) in [6, 6.07) is 16.5. The fourth-order valence-corrected chi connectivity index (χ4v) is 2.93. The Balaban J connectivity index is 1.58. The molecule has 2 aromatic rings. The maximum absolute atomic E-state index is 9.52. The normalized spacial score (nSPS) is 17.8. The third kappa shape index (κ3) is 3.51. The first-order valence-corrected chi connectivity index (χ1v) is 7.66. The molecular weight excluding hydrogens is 272 g/mol. The zero-order chi connectivity index (χ0) is 15.2. The van der Waals surface area contributed by atoms with E-state index in [4.69, 9.17) is 0 Å². The Morgan fingerprint density at radius 2 is 1.82 bits per heavy atom. The van der Waals surface area contributed by atoms with Gasteiger partial charge in [0.25, 0.3) is 0 Å². The first-order chi connectivity index (χ1) is 10.9. The predicted molar refractivity (Wildman–Crippen MR) is 85.9 cm³/mol.